The first-order valence-corrected chi connectivity index (χ1v) is 6.83. The lowest BCUT2D eigenvalue weighted by atomic mass is 9.97. The number of amides is 1. The zero-order valence-corrected chi connectivity index (χ0v) is 10.9. The van der Waals surface area contributed by atoms with Gasteiger partial charge in [-0.1, -0.05) is 6.92 Å². The fourth-order valence-electron chi connectivity index (χ4n) is 2.66. The van der Waals surface area contributed by atoms with Crippen LogP contribution in [0.5, 0.6) is 0 Å². The van der Waals surface area contributed by atoms with Crippen molar-refractivity contribution >= 4 is 5.91 Å². The predicted molar refractivity (Wildman–Crippen MR) is 66.8 cm³/mol. The first-order chi connectivity index (χ1) is 8.18. The van der Waals surface area contributed by atoms with Crippen LogP contribution in [0.3, 0.4) is 0 Å². The molecule has 4 nitrogen and oxygen atoms in total. The van der Waals surface area contributed by atoms with Crippen molar-refractivity contribution in [3.63, 3.8) is 0 Å². The molecule has 3 atom stereocenters. The summed E-state index contributed by atoms with van der Waals surface area (Å²) in [5.41, 5.74) is 0. The van der Waals surface area contributed by atoms with Crippen LogP contribution in [0, 0.1) is 5.92 Å². The minimum Gasteiger partial charge on any atom is -0.364 e. The number of ether oxygens (including phenoxy) is 1. The van der Waals surface area contributed by atoms with Crippen molar-refractivity contribution < 1.29 is 9.53 Å². The highest BCUT2D eigenvalue weighted by molar-refractivity contribution is 5.80. The molecule has 2 aliphatic rings. The molecular formula is C13H24N2O2. The molecule has 3 unspecified atom stereocenters. The van der Waals surface area contributed by atoms with Crippen LogP contribution in [0.15, 0.2) is 0 Å². The number of carbonyl (C=O) groups excluding carboxylic acids is 1. The standard InChI is InChI=1S/C13H24N2O2/c1-10-5-6-14-9-12(10)17-11(2)13(16)15-7-3-4-8-15/h10-12,14H,3-9H2,1-2H3. The molecule has 0 spiro atoms. The Kier molecular flexibility index (Phi) is 4.40. The molecule has 2 rings (SSSR count). The van der Waals surface area contributed by atoms with E-state index in [2.05, 4.69) is 12.2 Å². The van der Waals surface area contributed by atoms with Gasteiger partial charge < -0.3 is 15.0 Å². The second-order valence-electron chi connectivity index (χ2n) is 5.32. The highest BCUT2D eigenvalue weighted by atomic mass is 16.5. The van der Waals surface area contributed by atoms with E-state index in [9.17, 15) is 4.79 Å². The van der Waals surface area contributed by atoms with E-state index in [4.69, 9.17) is 4.74 Å². The summed E-state index contributed by atoms with van der Waals surface area (Å²) >= 11 is 0. The van der Waals surface area contributed by atoms with Crippen LogP contribution in [-0.4, -0.2) is 49.2 Å². The number of likely N-dealkylation sites (tertiary alicyclic amines) is 1. The zero-order valence-electron chi connectivity index (χ0n) is 10.9. The van der Waals surface area contributed by atoms with Crippen molar-refractivity contribution in [2.24, 2.45) is 5.92 Å². The minimum absolute atomic E-state index is 0.167. The van der Waals surface area contributed by atoms with E-state index in [1.807, 2.05) is 11.8 Å². The van der Waals surface area contributed by atoms with Gasteiger partial charge in [-0.3, -0.25) is 4.79 Å². The van der Waals surface area contributed by atoms with Gasteiger partial charge in [0.1, 0.15) is 6.10 Å². The molecule has 2 saturated heterocycles. The Balaban J connectivity index is 1.82. The molecule has 0 aromatic heterocycles. The molecule has 2 fully saturated rings. The lowest BCUT2D eigenvalue weighted by Gasteiger charge is -2.32. The van der Waals surface area contributed by atoms with Gasteiger partial charge in [0, 0.05) is 19.6 Å². The van der Waals surface area contributed by atoms with E-state index in [1.54, 1.807) is 0 Å². The van der Waals surface area contributed by atoms with Crippen LogP contribution in [-0.2, 0) is 9.53 Å². The summed E-state index contributed by atoms with van der Waals surface area (Å²) in [6, 6.07) is 0. The van der Waals surface area contributed by atoms with Gasteiger partial charge in [0.15, 0.2) is 0 Å². The van der Waals surface area contributed by atoms with Crippen molar-refractivity contribution in [1.82, 2.24) is 10.2 Å². The zero-order chi connectivity index (χ0) is 12.3. The summed E-state index contributed by atoms with van der Waals surface area (Å²) in [4.78, 5) is 14.0. The number of nitrogens with one attached hydrogen (secondary N) is 1. The first-order valence-electron chi connectivity index (χ1n) is 6.83. The van der Waals surface area contributed by atoms with Crippen LogP contribution in [0.1, 0.15) is 33.1 Å². The maximum atomic E-state index is 12.1. The van der Waals surface area contributed by atoms with Gasteiger partial charge in [0.25, 0.3) is 5.91 Å². The van der Waals surface area contributed by atoms with E-state index in [1.165, 1.54) is 0 Å². The normalized spacial score (nSPS) is 31.5. The third-order valence-corrected chi connectivity index (χ3v) is 3.90. The van der Waals surface area contributed by atoms with Gasteiger partial charge in [-0.05, 0) is 38.6 Å². The van der Waals surface area contributed by atoms with Crippen LogP contribution in [0.25, 0.3) is 0 Å². The Morgan fingerprint density at radius 3 is 2.76 bits per heavy atom. The highest BCUT2D eigenvalue weighted by Gasteiger charge is 2.29. The number of hydrogen-bond acceptors (Lipinski definition) is 3. The van der Waals surface area contributed by atoms with E-state index < -0.39 is 0 Å². The minimum atomic E-state index is -0.291. The lowest BCUT2D eigenvalue weighted by Crippen LogP contribution is -2.46. The number of hydrogen-bond donors (Lipinski definition) is 1. The molecular weight excluding hydrogens is 216 g/mol. The van der Waals surface area contributed by atoms with Crippen molar-refractivity contribution in [3.05, 3.63) is 0 Å². The Morgan fingerprint density at radius 2 is 2.12 bits per heavy atom. The van der Waals surface area contributed by atoms with Gasteiger partial charge in [-0.15, -0.1) is 0 Å². The van der Waals surface area contributed by atoms with Crippen LogP contribution >= 0.6 is 0 Å². The third-order valence-electron chi connectivity index (χ3n) is 3.90. The Labute approximate surface area is 104 Å². The molecule has 0 bridgehead atoms. The van der Waals surface area contributed by atoms with Crippen molar-refractivity contribution in [1.29, 1.82) is 0 Å². The average Bonchev–Trinajstić information content (AvgIpc) is 2.84. The van der Waals surface area contributed by atoms with Crippen molar-refractivity contribution in [3.8, 4) is 0 Å². The summed E-state index contributed by atoms with van der Waals surface area (Å²) in [6.45, 7) is 7.85. The summed E-state index contributed by atoms with van der Waals surface area (Å²) in [7, 11) is 0. The second kappa shape index (κ2) is 5.83. The largest absolute Gasteiger partial charge is 0.364 e. The van der Waals surface area contributed by atoms with Gasteiger partial charge in [0.2, 0.25) is 0 Å². The summed E-state index contributed by atoms with van der Waals surface area (Å²) in [6.07, 6.45) is 3.31. The van der Waals surface area contributed by atoms with Gasteiger partial charge in [-0.25, -0.2) is 0 Å². The SMILES string of the molecule is CC(OC1CNCCC1C)C(=O)N1CCCC1. The number of rotatable bonds is 3. The maximum absolute atomic E-state index is 12.1. The van der Waals surface area contributed by atoms with Crippen molar-refractivity contribution in [2.75, 3.05) is 26.2 Å². The number of piperidine rings is 1. The third kappa shape index (κ3) is 3.19. The van der Waals surface area contributed by atoms with E-state index in [0.717, 1.165) is 45.4 Å². The molecule has 1 amide bonds. The monoisotopic (exact) mass is 240 g/mol. The Bertz CT molecular complexity index is 264. The molecule has 98 valence electrons. The molecule has 0 aliphatic carbocycles. The van der Waals surface area contributed by atoms with Gasteiger partial charge in [-0.2, -0.15) is 0 Å². The molecule has 1 N–H and O–H groups in total. The van der Waals surface area contributed by atoms with Crippen LogP contribution in [0.4, 0.5) is 0 Å². The molecule has 2 heterocycles. The number of carbonyl (C=O) groups is 1. The van der Waals surface area contributed by atoms with E-state index in [-0.39, 0.29) is 18.1 Å². The molecule has 0 radical (unpaired) electrons. The smallest absolute Gasteiger partial charge is 0.251 e. The Hall–Kier alpha value is -0.610. The first kappa shape index (κ1) is 12.8. The molecule has 0 saturated carbocycles. The molecule has 0 aromatic rings. The number of nitrogens with zero attached hydrogens (tertiary/aromatic N) is 1. The second-order valence-corrected chi connectivity index (χ2v) is 5.32. The molecule has 17 heavy (non-hydrogen) atoms. The quantitative estimate of drug-likeness (QED) is 0.800. The van der Waals surface area contributed by atoms with Crippen LogP contribution in [0.2, 0.25) is 0 Å². The van der Waals surface area contributed by atoms with Gasteiger partial charge >= 0.3 is 0 Å². The summed E-state index contributed by atoms with van der Waals surface area (Å²) < 4.78 is 5.92. The topological polar surface area (TPSA) is 41.6 Å². The van der Waals surface area contributed by atoms with E-state index >= 15 is 0 Å². The molecule has 4 heteroatoms. The summed E-state index contributed by atoms with van der Waals surface area (Å²) in [5.74, 6) is 0.713. The lowest BCUT2D eigenvalue weighted by molar-refractivity contribution is -0.147. The summed E-state index contributed by atoms with van der Waals surface area (Å²) in [5, 5.41) is 3.33. The average molecular weight is 240 g/mol. The molecule has 2 aliphatic heterocycles. The predicted octanol–water partition coefficient (Wildman–Crippen LogP) is 1.01. The maximum Gasteiger partial charge on any atom is 0.251 e. The van der Waals surface area contributed by atoms with E-state index in [0.29, 0.717) is 5.92 Å². The fourth-order valence-corrected chi connectivity index (χ4v) is 2.66. The molecule has 0 aromatic carbocycles. The Morgan fingerprint density at radius 1 is 1.41 bits per heavy atom. The fraction of sp³-hybridized carbons (Fsp3) is 0.923. The van der Waals surface area contributed by atoms with Gasteiger partial charge in [0.05, 0.1) is 6.10 Å². The van der Waals surface area contributed by atoms with Crippen LogP contribution < -0.4 is 5.32 Å². The highest BCUT2D eigenvalue weighted by Crippen LogP contribution is 2.18. The van der Waals surface area contributed by atoms with Crippen molar-refractivity contribution in [2.45, 2.75) is 45.3 Å².